The van der Waals surface area contributed by atoms with Crippen molar-refractivity contribution in [2.24, 2.45) is 0 Å². The molecule has 0 saturated carbocycles. The number of hydroxylamine groups is 4. The molecular formula is C20H40N2O4. The summed E-state index contributed by atoms with van der Waals surface area (Å²) in [5.41, 5.74) is -1.31. The molecule has 0 atom stereocenters. The van der Waals surface area contributed by atoms with E-state index in [0.29, 0.717) is 12.8 Å². The van der Waals surface area contributed by atoms with E-state index >= 15 is 0 Å². The van der Waals surface area contributed by atoms with Crippen LogP contribution in [0, 0.1) is 0 Å². The second-order valence-corrected chi connectivity index (χ2v) is 10.7. The SMILES string of the molecule is COC1CC(C)(C)N(OC2(OC)CC(C)(C)N(O)C(C)(C)C2)C(C)(C)C1. The third kappa shape index (κ3) is 3.96. The quantitative estimate of drug-likeness (QED) is 0.754. The summed E-state index contributed by atoms with van der Waals surface area (Å²) in [6.45, 7) is 16.9. The van der Waals surface area contributed by atoms with E-state index in [9.17, 15) is 5.21 Å². The Kier molecular flexibility index (Phi) is 5.66. The summed E-state index contributed by atoms with van der Waals surface area (Å²) in [5, 5.41) is 14.2. The summed E-state index contributed by atoms with van der Waals surface area (Å²) in [5.74, 6) is -0.791. The molecule has 0 unspecified atom stereocenters. The molecule has 2 saturated heterocycles. The van der Waals surface area contributed by atoms with E-state index in [-0.39, 0.29) is 17.2 Å². The molecule has 2 aliphatic rings. The molecule has 0 amide bonds. The average Bonchev–Trinajstić information content (AvgIpc) is 2.47. The van der Waals surface area contributed by atoms with Crippen molar-refractivity contribution in [1.29, 1.82) is 0 Å². The van der Waals surface area contributed by atoms with Crippen LogP contribution in [0.1, 0.15) is 81.1 Å². The summed E-state index contributed by atoms with van der Waals surface area (Å²) in [6.07, 6.45) is 3.15. The van der Waals surface area contributed by atoms with Gasteiger partial charge in [-0.05, 0) is 68.2 Å². The molecule has 26 heavy (non-hydrogen) atoms. The Morgan fingerprint density at radius 2 is 1.19 bits per heavy atom. The molecule has 2 aliphatic heterocycles. The molecule has 0 bridgehead atoms. The molecule has 2 heterocycles. The van der Waals surface area contributed by atoms with Gasteiger partial charge in [0.2, 0.25) is 0 Å². The van der Waals surface area contributed by atoms with Crippen molar-refractivity contribution in [3.63, 3.8) is 0 Å². The monoisotopic (exact) mass is 372 g/mol. The van der Waals surface area contributed by atoms with Gasteiger partial charge in [0.15, 0.2) is 5.79 Å². The summed E-state index contributed by atoms with van der Waals surface area (Å²) in [6, 6.07) is 0. The maximum atomic E-state index is 10.7. The lowest BCUT2D eigenvalue weighted by Crippen LogP contribution is -2.70. The number of nitrogens with zero attached hydrogens (tertiary/aromatic N) is 2. The Balaban J connectivity index is 2.36. The largest absolute Gasteiger partial charge is 0.381 e. The molecule has 0 spiro atoms. The second kappa shape index (κ2) is 6.68. The Hall–Kier alpha value is -0.240. The Bertz CT molecular complexity index is 480. The molecule has 0 aromatic carbocycles. The molecular weight excluding hydrogens is 332 g/mol. The number of rotatable bonds is 4. The van der Waals surface area contributed by atoms with Crippen molar-refractivity contribution >= 4 is 0 Å². The van der Waals surface area contributed by atoms with Crippen LogP contribution in [0.3, 0.4) is 0 Å². The highest BCUT2D eigenvalue weighted by Crippen LogP contribution is 2.48. The lowest BCUT2D eigenvalue weighted by Gasteiger charge is -2.60. The van der Waals surface area contributed by atoms with Crippen LogP contribution >= 0.6 is 0 Å². The molecule has 154 valence electrons. The lowest BCUT2D eigenvalue weighted by atomic mass is 9.77. The van der Waals surface area contributed by atoms with Gasteiger partial charge < -0.3 is 14.7 Å². The summed E-state index contributed by atoms with van der Waals surface area (Å²) >= 11 is 0. The van der Waals surface area contributed by atoms with Gasteiger partial charge in [0.05, 0.1) is 6.10 Å². The molecule has 6 heteroatoms. The maximum absolute atomic E-state index is 10.7. The normalized spacial score (nSPS) is 31.0. The fourth-order valence-electron chi connectivity index (χ4n) is 5.35. The first kappa shape index (κ1) is 22.1. The summed E-state index contributed by atoms with van der Waals surface area (Å²) < 4.78 is 11.7. The highest BCUT2D eigenvalue weighted by atomic mass is 16.8. The second-order valence-electron chi connectivity index (χ2n) is 10.7. The molecule has 0 radical (unpaired) electrons. The fourth-order valence-corrected chi connectivity index (χ4v) is 5.35. The van der Waals surface area contributed by atoms with Gasteiger partial charge in [-0.15, -0.1) is 0 Å². The Morgan fingerprint density at radius 1 is 0.769 bits per heavy atom. The van der Waals surface area contributed by atoms with Gasteiger partial charge in [-0.25, -0.2) is 0 Å². The minimum Gasteiger partial charge on any atom is -0.381 e. The minimum absolute atomic E-state index is 0.196. The van der Waals surface area contributed by atoms with Gasteiger partial charge in [-0.2, -0.15) is 10.1 Å². The highest BCUT2D eigenvalue weighted by molar-refractivity contribution is 5.03. The first-order valence-electron chi connectivity index (χ1n) is 9.68. The van der Waals surface area contributed by atoms with Crippen LogP contribution < -0.4 is 0 Å². The van der Waals surface area contributed by atoms with Crippen molar-refractivity contribution in [1.82, 2.24) is 10.1 Å². The molecule has 0 aromatic heterocycles. The summed E-state index contributed by atoms with van der Waals surface area (Å²) in [4.78, 5) is 6.73. The van der Waals surface area contributed by atoms with Crippen molar-refractivity contribution < 1.29 is 19.5 Å². The van der Waals surface area contributed by atoms with Crippen molar-refractivity contribution in [3.05, 3.63) is 0 Å². The molecule has 1 N–H and O–H groups in total. The zero-order chi connectivity index (χ0) is 20.2. The van der Waals surface area contributed by atoms with Gasteiger partial charge >= 0.3 is 0 Å². The van der Waals surface area contributed by atoms with Crippen molar-refractivity contribution in [2.75, 3.05) is 14.2 Å². The first-order chi connectivity index (χ1) is 11.6. The van der Waals surface area contributed by atoms with E-state index in [4.69, 9.17) is 14.3 Å². The van der Waals surface area contributed by atoms with Crippen LogP contribution in [0.15, 0.2) is 0 Å². The molecule has 2 fully saturated rings. The molecule has 6 nitrogen and oxygen atoms in total. The van der Waals surface area contributed by atoms with E-state index in [0.717, 1.165) is 12.8 Å². The summed E-state index contributed by atoms with van der Waals surface area (Å²) in [7, 11) is 3.49. The topological polar surface area (TPSA) is 54.4 Å². The fraction of sp³-hybridized carbons (Fsp3) is 1.00. The van der Waals surface area contributed by atoms with E-state index in [1.54, 1.807) is 14.2 Å². The van der Waals surface area contributed by atoms with Crippen molar-refractivity contribution in [3.8, 4) is 0 Å². The van der Waals surface area contributed by atoms with Crippen molar-refractivity contribution in [2.45, 2.75) is 115 Å². The van der Waals surface area contributed by atoms with Gasteiger partial charge in [-0.1, -0.05) is 0 Å². The van der Waals surface area contributed by atoms with Crippen LogP contribution in [-0.2, 0) is 14.3 Å². The predicted octanol–water partition coefficient (Wildman–Crippen LogP) is 3.97. The zero-order valence-corrected chi connectivity index (χ0v) is 18.5. The van der Waals surface area contributed by atoms with Crippen LogP contribution in [-0.4, -0.2) is 63.6 Å². The van der Waals surface area contributed by atoms with Crippen LogP contribution in [0.25, 0.3) is 0 Å². The standard InChI is InChI=1S/C20H40N2O4/c1-16(2)11-15(24-9)12-17(3,4)22(16)26-20(25-10)13-18(5,6)21(23)19(7,8)14-20/h15,23H,11-14H2,1-10H3. The average molecular weight is 373 g/mol. The number of piperidine rings is 2. The minimum atomic E-state index is -0.791. The number of hydrogen-bond acceptors (Lipinski definition) is 6. The Morgan fingerprint density at radius 3 is 1.54 bits per heavy atom. The number of ether oxygens (including phenoxy) is 2. The van der Waals surface area contributed by atoms with E-state index in [1.165, 1.54) is 5.06 Å². The number of hydrogen-bond donors (Lipinski definition) is 1. The predicted molar refractivity (Wildman–Crippen MR) is 102 cm³/mol. The van der Waals surface area contributed by atoms with Crippen LogP contribution in [0.4, 0.5) is 0 Å². The zero-order valence-electron chi connectivity index (χ0n) is 18.5. The number of methoxy groups -OCH3 is 2. The van der Waals surface area contributed by atoms with E-state index < -0.39 is 16.9 Å². The first-order valence-corrected chi connectivity index (χ1v) is 9.68. The van der Waals surface area contributed by atoms with Gasteiger partial charge in [0, 0.05) is 49.2 Å². The third-order valence-electron chi connectivity index (χ3n) is 6.07. The van der Waals surface area contributed by atoms with Crippen LogP contribution in [0.5, 0.6) is 0 Å². The maximum Gasteiger partial charge on any atom is 0.191 e. The van der Waals surface area contributed by atoms with Gasteiger partial charge in [0.1, 0.15) is 0 Å². The molecule has 0 aliphatic carbocycles. The van der Waals surface area contributed by atoms with E-state index in [1.807, 2.05) is 27.7 Å². The smallest absolute Gasteiger partial charge is 0.191 e. The van der Waals surface area contributed by atoms with Gasteiger partial charge in [-0.3, -0.25) is 4.84 Å². The van der Waals surface area contributed by atoms with E-state index in [2.05, 4.69) is 32.8 Å². The molecule has 2 rings (SSSR count). The third-order valence-corrected chi connectivity index (χ3v) is 6.07. The lowest BCUT2D eigenvalue weighted by molar-refractivity contribution is -0.433. The van der Waals surface area contributed by atoms with Crippen LogP contribution in [0.2, 0.25) is 0 Å². The van der Waals surface area contributed by atoms with Gasteiger partial charge in [0.25, 0.3) is 0 Å². The highest BCUT2D eigenvalue weighted by Gasteiger charge is 2.57. The Labute approximate surface area is 159 Å². The molecule has 0 aromatic rings.